The second-order valence-corrected chi connectivity index (χ2v) is 5.90. The lowest BCUT2D eigenvalue weighted by atomic mass is 10.1. The molecule has 1 amide bonds. The number of amides is 1. The molecule has 0 saturated heterocycles. The fourth-order valence-electron chi connectivity index (χ4n) is 1.99. The molecular weight excluding hydrogens is 256 g/mol. The molecule has 4 heteroatoms. The van der Waals surface area contributed by atoms with Crippen LogP contribution in [0.5, 0.6) is 0 Å². The van der Waals surface area contributed by atoms with Gasteiger partial charge in [-0.3, -0.25) is 4.79 Å². The number of rotatable bonds is 13. The molecular formula is C15H32N2OS. The second kappa shape index (κ2) is 14.2. The number of carbonyl (C=O) groups excluding carboxylic acids is 1. The Morgan fingerprint density at radius 2 is 1.53 bits per heavy atom. The number of hydrogen-bond donors (Lipinski definition) is 2. The quantitative estimate of drug-likeness (QED) is 0.403. The third-order valence-electron chi connectivity index (χ3n) is 3.17. The van der Waals surface area contributed by atoms with Crippen LogP contribution in [0.2, 0.25) is 0 Å². The normalized spacial score (nSPS) is 10.9. The first-order valence-corrected chi connectivity index (χ1v) is 8.32. The Labute approximate surface area is 124 Å². The molecule has 0 heterocycles. The Balaban J connectivity index is 3.16. The molecule has 0 fully saturated rings. The first kappa shape index (κ1) is 18.8. The van der Waals surface area contributed by atoms with Crippen LogP contribution in [0.1, 0.15) is 57.8 Å². The Bertz CT molecular complexity index is 210. The summed E-state index contributed by atoms with van der Waals surface area (Å²) < 4.78 is 0. The lowest BCUT2D eigenvalue weighted by Gasteiger charge is -2.09. The van der Waals surface area contributed by atoms with E-state index in [9.17, 15) is 4.79 Å². The first-order chi connectivity index (χ1) is 9.16. The topological polar surface area (TPSA) is 32.3 Å². The number of carbonyl (C=O) groups is 1. The highest BCUT2D eigenvalue weighted by Gasteiger charge is 2.00. The van der Waals surface area contributed by atoms with Crippen LogP contribution in [-0.2, 0) is 4.79 Å². The van der Waals surface area contributed by atoms with E-state index in [-0.39, 0.29) is 5.91 Å². The molecule has 19 heavy (non-hydrogen) atoms. The van der Waals surface area contributed by atoms with Crippen molar-refractivity contribution in [1.29, 1.82) is 0 Å². The molecule has 0 unspecified atom stereocenters. The van der Waals surface area contributed by atoms with Crippen molar-refractivity contribution in [2.24, 2.45) is 0 Å². The molecule has 1 N–H and O–H groups in total. The van der Waals surface area contributed by atoms with E-state index in [0.717, 1.165) is 31.7 Å². The molecule has 0 aromatic rings. The zero-order valence-corrected chi connectivity index (χ0v) is 13.7. The Kier molecular flexibility index (Phi) is 14.0. The predicted octanol–water partition coefficient (Wildman–Crippen LogP) is 3.10. The Morgan fingerprint density at radius 1 is 0.947 bits per heavy atom. The number of unbranched alkanes of at least 4 members (excludes halogenated alkanes) is 6. The molecule has 3 nitrogen and oxygen atoms in total. The summed E-state index contributed by atoms with van der Waals surface area (Å²) >= 11 is 4.20. The third-order valence-corrected chi connectivity index (χ3v) is 3.48. The molecule has 114 valence electrons. The minimum absolute atomic E-state index is 0.217. The average molecular weight is 289 g/mol. The molecule has 0 aliphatic rings. The minimum atomic E-state index is 0.217. The summed E-state index contributed by atoms with van der Waals surface area (Å²) in [5.74, 6) is 1.22. The fourth-order valence-corrected chi connectivity index (χ4v) is 2.22. The van der Waals surface area contributed by atoms with Crippen LogP contribution in [-0.4, -0.2) is 43.7 Å². The van der Waals surface area contributed by atoms with Crippen LogP contribution in [0.25, 0.3) is 0 Å². The SMILES string of the molecule is CN(C)CCCNC(=O)CCCCCCCCCS. The zero-order valence-electron chi connectivity index (χ0n) is 12.8. The predicted molar refractivity (Wildman–Crippen MR) is 87.0 cm³/mol. The van der Waals surface area contributed by atoms with E-state index in [1.54, 1.807) is 0 Å². The van der Waals surface area contributed by atoms with Crippen molar-refractivity contribution in [3.63, 3.8) is 0 Å². The Morgan fingerprint density at radius 3 is 2.11 bits per heavy atom. The summed E-state index contributed by atoms with van der Waals surface area (Å²) in [6.45, 7) is 1.84. The summed E-state index contributed by atoms with van der Waals surface area (Å²) in [4.78, 5) is 13.7. The summed E-state index contributed by atoms with van der Waals surface area (Å²) in [5, 5.41) is 2.98. The minimum Gasteiger partial charge on any atom is -0.356 e. The number of thiol groups is 1. The highest BCUT2D eigenvalue weighted by Crippen LogP contribution is 2.08. The van der Waals surface area contributed by atoms with Crippen LogP contribution >= 0.6 is 12.6 Å². The van der Waals surface area contributed by atoms with Crippen LogP contribution in [0, 0.1) is 0 Å². The molecule has 0 aliphatic carbocycles. The van der Waals surface area contributed by atoms with Gasteiger partial charge in [0.05, 0.1) is 0 Å². The molecule has 0 aliphatic heterocycles. The van der Waals surface area contributed by atoms with Crippen molar-refractivity contribution in [2.75, 3.05) is 32.9 Å². The lowest BCUT2D eigenvalue weighted by molar-refractivity contribution is -0.121. The van der Waals surface area contributed by atoms with Gasteiger partial charge in [0, 0.05) is 13.0 Å². The van der Waals surface area contributed by atoms with E-state index in [0.29, 0.717) is 6.42 Å². The average Bonchev–Trinajstić information content (AvgIpc) is 2.37. The van der Waals surface area contributed by atoms with E-state index in [2.05, 4.69) is 36.9 Å². The van der Waals surface area contributed by atoms with Gasteiger partial charge < -0.3 is 10.2 Å². The smallest absolute Gasteiger partial charge is 0.219 e. The number of nitrogens with zero attached hydrogens (tertiary/aromatic N) is 1. The maximum Gasteiger partial charge on any atom is 0.219 e. The van der Waals surface area contributed by atoms with E-state index in [4.69, 9.17) is 0 Å². The van der Waals surface area contributed by atoms with Crippen molar-refractivity contribution in [2.45, 2.75) is 57.8 Å². The van der Waals surface area contributed by atoms with Gasteiger partial charge in [0.15, 0.2) is 0 Å². The zero-order chi connectivity index (χ0) is 14.3. The van der Waals surface area contributed by atoms with Crippen LogP contribution < -0.4 is 5.32 Å². The monoisotopic (exact) mass is 288 g/mol. The van der Waals surface area contributed by atoms with E-state index >= 15 is 0 Å². The van der Waals surface area contributed by atoms with Crippen molar-refractivity contribution >= 4 is 18.5 Å². The third kappa shape index (κ3) is 15.7. The molecule has 0 atom stereocenters. The van der Waals surface area contributed by atoms with Gasteiger partial charge >= 0.3 is 0 Å². The first-order valence-electron chi connectivity index (χ1n) is 7.69. The van der Waals surface area contributed by atoms with Gasteiger partial charge in [-0.05, 0) is 45.7 Å². The van der Waals surface area contributed by atoms with Gasteiger partial charge in [0.25, 0.3) is 0 Å². The molecule has 0 aromatic carbocycles. The highest BCUT2D eigenvalue weighted by molar-refractivity contribution is 7.80. The summed E-state index contributed by atoms with van der Waals surface area (Å²) in [5.41, 5.74) is 0. The molecule has 0 radical (unpaired) electrons. The van der Waals surface area contributed by atoms with Gasteiger partial charge in [-0.25, -0.2) is 0 Å². The highest BCUT2D eigenvalue weighted by atomic mass is 32.1. The van der Waals surface area contributed by atoms with E-state index in [1.807, 2.05) is 0 Å². The van der Waals surface area contributed by atoms with Gasteiger partial charge in [-0.15, -0.1) is 0 Å². The molecule has 0 rings (SSSR count). The van der Waals surface area contributed by atoms with Crippen LogP contribution in [0.4, 0.5) is 0 Å². The maximum atomic E-state index is 11.5. The summed E-state index contributed by atoms with van der Waals surface area (Å²) in [6, 6.07) is 0. The van der Waals surface area contributed by atoms with E-state index in [1.165, 1.54) is 38.5 Å². The number of hydrogen-bond acceptors (Lipinski definition) is 3. The van der Waals surface area contributed by atoms with Crippen molar-refractivity contribution < 1.29 is 4.79 Å². The molecule has 0 saturated carbocycles. The fraction of sp³-hybridized carbons (Fsp3) is 0.933. The molecule has 0 bridgehead atoms. The maximum absolute atomic E-state index is 11.5. The second-order valence-electron chi connectivity index (χ2n) is 5.46. The number of nitrogens with one attached hydrogen (secondary N) is 1. The molecule has 0 aromatic heterocycles. The van der Waals surface area contributed by atoms with Gasteiger partial charge in [0.1, 0.15) is 0 Å². The van der Waals surface area contributed by atoms with Crippen molar-refractivity contribution in [3.8, 4) is 0 Å². The van der Waals surface area contributed by atoms with E-state index < -0.39 is 0 Å². The Hall–Kier alpha value is -0.220. The summed E-state index contributed by atoms with van der Waals surface area (Å²) in [7, 11) is 4.11. The van der Waals surface area contributed by atoms with Crippen LogP contribution in [0.15, 0.2) is 0 Å². The largest absolute Gasteiger partial charge is 0.356 e. The molecule has 0 spiro atoms. The summed E-state index contributed by atoms with van der Waals surface area (Å²) in [6.07, 6.45) is 10.4. The van der Waals surface area contributed by atoms with Crippen molar-refractivity contribution in [3.05, 3.63) is 0 Å². The standard InChI is InChI=1S/C15H32N2OS/c1-17(2)13-10-12-16-15(18)11-8-6-4-3-5-7-9-14-19/h19H,3-14H2,1-2H3,(H,16,18). The van der Waals surface area contributed by atoms with Gasteiger partial charge in [-0.2, -0.15) is 12.6 Å². The van der Waals surface area contributed by atoms with Crippen molar-refractivity contribution in [1.82, 2.24) is 10.2 Å². The van der Waals surface area contributed by atoms with Gasteiger partial charge in [0.2, 0.25) is 5.91 Å². The lowest BCUT2D eigenvalue weighted by Crippen LogP contribution is -2.26. The van der Waals surface area contributed by atoms with Crippen LogP contribution in [0.3, 0.4) is 0 Å². The van der Waals surface area contributed by atoms with Gasteiger partial charge in [-0.1, -0.05) is 32.1 Å².